The Bertz CT molecular complexity index is 341. The van der Waals surface area contributed by atoms with Crippen molar-refractivity contribution in [3.63, 3.8) is 0 Å². The monoisotopic (exact) mass is 260 g/mol. The van der Waals surface area contributed by atoms with Crippen molar-refractivity contribution in [3.8, 4) is 5.75 Å². The Kier molecular flexibility index (Phi) is 6.22. The van der Waals surface area contributed by atoms with Gasteiger partial charge in [0, 0.05) is 6.54 Å². The number of piperidine rings is 1. The molecular weight excluding hydrogens is 234 g/mol. The highest BCUT2D eigenvalue weighted by molar-refractivity contribution is 5.27. The van der Waals surface area contributed by atoms with Gasteiger partial charge in [0.05, 0.1) is 6.61 Å². The lowest BCUT2D eigenvalue weighted by atomic mass is 10.1. The smallest absolute Gasteiger partial charge is 0.119 e. The van der Waals surface area contributed by atoms with Crippen LogP contribution in [-0.4, -0.2) is 31.1 Å². The van der Waals surface area contributed by atoms with Crippen LogP contribution in [0.5, 0.6) is 5.75 Å². The molecule has 105 valence electrons. The molecule has 2 rings (SSSR count). The van der Waals surface area contributed by atoms with Crippen LogP contribution in [0.2, 0.25) is 0 Å². The standard InChI is InChI=1S/C17H26NO/c1-2-7-16-8-10-17(11-9-16)19-15-6-14-18-12-4-3-5-13-18/h8-11H,1-7,12-15H2. The normalized spacial score (nSPS) is 16.5. The fourth-order valence-corrected chi connectivity index (χ4v) is 2.62. The summed E-state index contributed by atoms with van der Waals surface area (Å²) in [6.45, 7) is 8.43. The quantitative estimate of drug-likeness (QED) is 0.693. The first kappa shape index (κ1) is 14.4. The van der Waals surface area contributed by atoms with Gasteiger partial charge in [0.1, 0.15) is 5.75 Å². The Morgan fingerprint density at radius 1 is 1.05 bits per heavy atom. The van der Waals surface area contributed by atoms with E-state index in [-0.39, 0.29) is 0 Å². The van der Waals surface area contributed by atoms with Crippen LogP contribution in [0.4, 0.5) is 0 Å². The van der Waals surface area contributed by atoms with Crippen molar-refractivity contribution in [1.29, 1.82) is 0 Å². The number of rotatable bonds is 7. The molecule has 0 bridgehead atoms. The van der Waals surface area contributed by atoms with E-state index in [4.69, 9.17) is 4.74 Å². The summed E-state index contributed by atoms with van der Waals surface area (Å²) >= 11 is 0. The van der Waals surface area contributed by atoms with E-state index in [1.54, 1.807) is 0 Å². The molecule has 0 N–H and O–H groups in total. The zero-order valence-corrected chi connectivity index (χ0v) is 11.9. The van der Waals surface area contributed by atoms with Crippen LogP contribution in [0.15, 0.2) is 24.3 Å². The Hall–Kier alpha value is -1.02. The molecule has 1 radical (unpaired) electrons. The molecule has 0 amide bonds. The van der Waals surface area contributed by atoms with Gasteiger partial charge in [-0.05, 0) is 62.9 Å². The summed E-state index contributed by atoms with van der Waals surface area (Å²) in [5.41, 5.74) is 1.34. The predicted octanol–water partition coefficient (Wildman–Crippen LogP) is 3.71. The number of likely N-dealkylation sites (tertiary alicyclic amines) is 1. The van der Waals surface area contributed by atoms with Crippen LogP contribution in [0.3, 0.4) is 0 Å². The fourth-order valence-electron chi connectivity index (χ4n) is 2.62. The number of hydrogen-bond acceptors (Lipinski definition) is 2. The molecule has 0 aromatic heterocycles. The minimum atomic E-state index is 0.825. The van der Waals surface area contributed by atoms with Crippen LogP contribution in [0.1, 0.15) is 37.7 Å². The molecule has 19 heavy (non-hydrogen) atoms. The maximum Gasteiger partial charge on any atom is 0.119 e. The van der Waals surface area contributed by atoms with E-state index in [1.165, 1.54) is 44.5 Å². The molecular formula is C17H26NO. The minimum Gasteiger partial charge on any atom is -0.494 e. The lowest BCUT2D eigenvalue weighted by Crippen LogP contribution is -2.31. The number of hydrogen-bond donors (Lipinski definition) is 0. The van der Waals surface area contributed by atoms with Crippen LogP contribution in [0, 0.1) is 6.92 Å². The molecule has 0 atom stereocenters. The van der Waals surface area contributed by atoms with Gasteiger partial charge in [-0.1, -0.05) is 25.5 Å². The van der Waals surface area contributed by atoms with Gasteiger partial charge in [0.15, 0.2) is 0 Å². The highest BCUT2D eigenvalue weighted by Crippen LogP contribution is 2.14. The van der Waals surface area contributed by atoms with Crippen LogP contribution >= 0.6 is 0 Å². The van der Waals surface area contributed by atoms with E-state index in [0.717, 1.165) is 31.6 Å². The van der Waals surface area contributed by atoms with Crippen molar-refractivity contribution in [2.45, 2.75) is 38.5 Å². The van der Waals surface area contributed by atoms with E-state index in [0.29, 0.717) is 0 Å². The molecule has 1 saturated heterocycles. The summed E-state index contributed by atoms with van der Waals surface area (Å²) in [6.07, 6.45) is 7.28. The first-order chi connectivity index (χ1) is 9.38. The number of aryl methyl sites for hydroxylation is 1. The third-order valence-electron chi connectivity index (χ3n) is 3.72. The molecule has 1 aliphatic rings. The average molecular weight is 260 g/mol. The summed E-state index contributed by atoms with van der Waals surface area (Å²) in [7, 11) is 0. The van der Waals surface area contributed by atoms with Crippen molar-refractivity contribution in [2.75, 3.05) is 26.2 Å². The Morgan fingerprint density at radius 2 is 1.79 bits per heavy atom. The molecule has 2 heteroatoms. The first-order valence-corrected chi connectivity index (χ1v) is 7.62. The first-order valence-electron chi connectivity index (χ1n) is 7.62. The number of ether oxygens (including phenoxy) is 1. The second-order valence-corrected chi connectivity index (χ2v) is 5.35. The maximum absolute atomic E-state index is 5.79. The summed E-state index contributed by atoms with van der Waals surface area (Å²) in [5.74, 6) is 0.992. The molecule has 1 heterocycles. The Balaban J connectivity index is 1.62. The van der Waals surface area contributed by atoms with Gasteiger partial charge in [-0.3, -0.25) is 0 Å². The Labute approximate surface area is 117 Å². The third kappa shape index (κ3) is 5.23. The molecule has 0 unspecified atom stereocenters. The van der Waals surface area contributed by atoms with E-state index >= 15 is 0 Å². The summed E-state index contributed by atoms with van der Waals surface area (Å²) in [6, 6.07) is 8.44. The van der Waals surface area contributed by atoms with Gasteiger partial charge in [-0.15, -0.1) is 0 Å². The number of benzene rings is 1. The summed E-state index contributed by atoms with van der Waals surface area (Å²) < 4.78 is 5.79. The van der Waals surface area contributed by atoms with E-state index in [9.17, 15) is 0 Å². The lowest BCUT2D eigenvalue weighted by molar-refractivity contribution is 0.205. The highest BCUT2D eigenvalue weighted by atomic mass is 16.5. The molecule has 2 nitrogen and oxygen atoms in total. The number of nitrogens with zero attached hydrogens (tertiary/aromatic N) is 1. The summed E-state index contributed by atoms with van der Waals surface area (Å²) in [5, 5.41) is 0. The van der Waals surface area contributed by atoms with Crippen molar-refractivity contribution < 1.29 is 4.74 Å². The van der Waals surface area contributed by atoms with E-state index in [2.05, 4.69) is 36.1 Å². The van der Waals surface area contributed by atoms with Crippen molar-refractivity contribution in [1.82, 2.24) is 4.90 Å². The minimum absolute atomic E-state index is 0.825. The van der Waals surface area contributed by atoms with Crippen molar-refractivity contribution in [2.24, 2.45) is 0 Å². The molecule has 0 aliphatic carbocycles. The molecule has 1 aromatic carbocycles. The Morgan fingerprint density at radius 3 is 2.47 bits per heavy atom. The van der Waals surface area contributed by atoms with E-state index < -0.39 is 0 Å². The van der Waals surface area contributed by atoms with Gasteiger partial charge < -0.3 is 9.64 Å². The predicted molar refractivity (Wildman–Crippen MR) is 80.5 cm³/mol. The maximum atomic E-state index is 5.79. The molecule has 1 fully saturated rings. The summed E-state index contributed by atoms with van der Waals surface area (Å²) in [4.78, 5) is 2.56. The zero-order valence-electron chi connectivity index (χ0n) is 11.9. The third-order valence-corrected chi connectivity index (χ3v) is 3.72. The lowest BCUT2D eigenvalue weighted by Gasteiger charge is -2.26. The molecule has 1 aliphatic heterocycles. The van der Waals surface area contributed by atoms with Crippen molar-refractivity contribution in [3.05, 3.63) is 36.8 Å². The second kappa shape index (κ2) is 8.21. The fraction of sp³-hybridized carbons (Fsp3) is 0.588. The topological polar surface area (TPSA) is 12.5 Å². The van der Waals surface area contributed by atoms with Gasteiger partial charge in [-0.25, -0.2) is 0 Å². The highest BCUT2D eigenvalue weighted by Gasteiger charge is 2.08. The van der Waals surface area contributed by atoms with Crippen LogP contribution in [0.25, 0.3) is 0 Å². The molecule has 0 spiro atoms. The van der Waals surface area contributed by atoms with Gasteiger partial charge >= 0.3 is 0 Å². The van der Waals surface area contributed by atoms with Gasteiger partial charge in [0.25, 0.3) is 0 Å². The van der Waals surface area contributed by atoms with Crippen molar-refractivity contribution >= 4 is 0 Å². The zero-order chi connectivity index (χ0) is 13.3. The van der Waals surface area contributed by atoms with Gasteiger partial charge in [0.2, 0.25) is 0 Å². The molecule has 1 aromatic rings. The van der Waals surface area contributed by atoms with E-state index in [1.807, 2.05) is 0 Å². The van der Waals surface area contributed by atoms with Crippen LogP contribution < -0.4 is 4.74 Å². The second-order valence-electron chi connectivity index (χ2n) is 5.35. The average Bonchev–Trinajstić information content (AvgIpc) is 2.47. The largest absolute Gasteiger partial charge is 0.494 e. The van der Waals surface area contributed by atoms with Gasteiger partial charge in [-0.2, -0.15) is 0 Å². The SMILES string of the molecule is [CH2]CCc1ccc(OCCCN2CCCCC2)cc1. The molecule has 0 saturated carbocycles. The van der Waals surface area contributed by atoms with Crippen LogP contribution in [-0.2, 0) is 6.42 Å².